The molecule has 0 aliphatic rings. The number of aromatic nitrogens is 4. The van der Waals surface area contributed by atoms with Crippen LogP contribution in [0.5, 0.6) is 0 Å². The second-order valence-corrected chi connectivity index (χ2v) is 33.9. The molecule has 0 aliphatic heterocycles. The molecule has 0 bridgehead atoms. The van der Waals surface area contributed by atoms with Gasteiger partial charge in [-0.05, 0) is 237 Å². The van der Waals surface area contributed by atoms with Gasteiger partial charge in [-0.3, -0.25) is 0 Å². The van der Waals surface area contributed by atoms with Crippen molar-refractivity contribution in [3.8, 4) is 89.5 Å². The van der Waals surface area contributed by atoms with Gasteiger partial charge in [0.05, 0.1) is 44.1 Å². The van der Waals surface area contributed by atoms with Crippen molar-refractivity contribution in [3.63, 3.8) is 0 Å². The van der Waals surface area contributed by atoms with Crippen LogP contribution in [0.4, 0.5) is 0 Å². The maximum absolute atomic E-state index is 2.52. The van der Waals surface area contributed by atoms with E-state index in [2.05, 4.69) is 407 Å². The van der Waals surface area contributed by atoms with E-state index in [4.69, 9.17) is 0 Å². The zero-order chi connectivity index (χ0) is 75.1. The van der Waals surface area contributed by atoms with E-state index in [1.807, 2.05) is 34.0 Å². The summed E-state index contributed by atoms with van der Waals surface area (Å²) in [4.78, 5) is 0. The molecule has 0 spiro atoms. The van der Waals surface area contributed by atoms with E-state index >= 15 is 0 Å². The van der Waals surface area contributed by atoms with Crippen molar-refractivity contribution in [2.45, 2.75) is 0 Å². The Kier molecular flexibility index (Phi) is 14.1. The molecule has 0 fully saturated rings. The summed E-state index contributed by atoms with van der Waals surface area (Å²) < 4.78 is 17.7. The highest BCUT2D eigenvalue weighted by Crippen LogP contribution is 2.48. The summed E-state index contributed by atoms with van der Waals surface area (Å²) in [5.41, 5.74) is 27.8. The smallest absolute Gasteiger partial charge is 0.0541 e. The Morgan fingerprint density at radius 3 is 0.878 bits per heavy atom. The number of hydrogen-bond donors (Lipinski definition) is 0. The number of nitrogens with zero attached hydrogens (tertiary/aromatic N) is 4. The Morgan fingerprint density at radius 1 is 0.139 bits per heavy atom. The second-order valence-electron chi connectivity index (χ2n) is 30.7. The van der Waals surface area contributed by atoms with Crippen molar-refractivity contribution >= 4 is 182 Å². The van der Waals surface area contributed by atoms with Crippen LogP contribution < -0.4 is 0 Å². The first-order valence-corrected chi connectivity index (χ1v) is 41.8. The molecule has 115 heavy (non-hydrogen) atoms. The van der Waals surface area contributed by atoms with E-state index in [0.29, 0.717) is 0 Å². The highest BCUT2D eigenvalue weighted by atomic mass is 32.1. The quantitative estimate of drug-likeness (QED) is 0.130. The van der Waals surface area contributed by atoms with E-state index in [1.54, 1.807) is 0 Å². The van der Waals surface area contributed by atoms with Gasteiger partial charge >= 0.3 is 0 Å². The minimum atomic E-state index is 1.08. The molecular weight excluding hydrogens is 1450 g/mol. The number of rotatable bonds is 10. The van der Waals surface area contributed by atoms with E-state index in [1.165, 1.54) is 176 Å². The van der Waals surface area contributed by atoms with Gasteiger partial charge in [-0.25, -0.2) is 0 Å². The third kappa shape index (κ3) is 10.0. The number of fused-ring (bicyclic) bond motifs is 21. The molecule has 0 saturated heterocycles. The molecule has 534 valence electrons. The van der Waals surface area contributed by atoms with Gasteiger partial charge in [-0.1, -0.05) is 218 Å². The van der Waals surface area contributed by atoms with Crippen molar-refractivity contribution in [2.75, 3.05) is 0 Å². The molecule has 0 amide bonds. The Labute approximate surface area is 672 Å². The monoisotopic (exact) mass is 1510 g/mol. The Balaban J connectivity index is 0.657. The van der Waals surface area contributed by atoms with Gasteiger partial charge < -0.3 is 18.3 Å². The lowest BCUT2D eigenvalue weighted by atomic mass is 9.92. The predicted molar refractivity (Wildman–Crippen MR) is 495 cm³/mol. The van der Waals surface area contributed by atoms with Crippen LogP contribution in [0, 0.1) is 0 Å². The number of thiophene rings is 3. The molecule has 25 rings (SSSR count). The highest BCUT2D eigenvalue weighted by molar-refractivity contribution is 7.27. The molecule has 4 nitrogen and oxygen atoms in total. The SMILES string of the molecule is c1cc(-c2cc(-c3cc(-c4cccc(-c5cccc6c5sc5ccccc56)c4)cc(-n4c5ccccc5c5ccccc54)c3)cc(-n3c4ccccc4c4cc(-c5ccc6c(c5)c5ccccc5n6-c5ccc6sc7ccc(-n8c9ccccc9c9ccccc98)cc7c6c5)ccc43)c2)cc(-c2ccc3sc4ccccc4c3c2)c1. The summed E-state index contributed by atoms with van der Waals surface area (Å²) in [6.07, 6.45) is 0. The van der Waals surface area contributed by atoms with Crippen LogP contribution in [0.2, 0.25) is 0 Å². The molecule has 7 heteroatoms. The van der Waals surface area contributed by atoms with Gasteiger partial charge in [-0.2, -0.15) is 0 Å². The molecular formula is C108H64N4S3. The fraction of sp³-hybridized carbons (Fsp3) is 0. The minimum Gasteiger partial charge on any atom is -0.309 e. The Morgan fingerprint density at radius 2 is 0.417 bits per heavy atom. The maximum atomic E-state index is 2.52. The molecule has 0 saturated carbocycles. The lowest BCUT2D eigenvalue weighted by Gasteiger charge is -2.17. The zero-order valence-corrected chi connectivity index (χ0v) is 64.4. The highest BCUT2D eigenvalue weighted by Gasteiger charge is 2.23. The van der Waals surface area contributed by atoms with Crippen molar-refractivity contribution in [3.05, 3.63) is 388 Å². The summed E-state index contributed by atoms with van der Waals surface area (Å²) in [6.45, 7) is 0. The van der Waals surface area contributed by atoms with E-state index in [-0.39, 0.29) is 0 Å². The van der Waals surface area contributed by atoms with Crippen LogP contribution in [0.15, 0.2) is 388 Å². The molecule has 0 aliphatic carbocycles. The Hall–Kier alpha value is -14.2. The van der Waals surface area contributed by atoms with Crippen molar-refractivity contribution in [2.24, 2.45) is 0 Å². The van der Waals surface area contributed by atoms with Gasteiger partial charge in [-0.15, -0.1) is 34.0 Å². The predicted octanol–water partition coefficient (Wildman–Crippen LogP) is 31.2. The van der Waals surface area contributed by atoms with Gasteiger partial charge in [0.25, 0.3) is 0 Å². The van der Waals surface area contributed by atoms with E-state index in [0.717, 1.165) is 61.5 Å². The average Bonchev–Trinajstić information content (AvgIpc) is 1.59. The molecule has 25 aromatic rings. The van der Waals surface area contributed by atoms with Crippen LogP contribution in [-0.4, -0.2) is 18.3 Å². The summed E-state index contributed by atoms with van der Waals surface area (Å²) in [5, 5.41) is 17.5. The first-order chi connectivity index (χ1) is 57.0. The number of hydrogen-bond acceptors (Lipinski definition) is 3. The first-order valence-electron chi connectivity index (χ1n) is 39.3. The lowest BCUT2D eigenvalue weighted by molar-refractivity contribution is 1.17. The van der Waals surface area contributed by atoms with Crippen LogP contribution in [0.3, 0.4) is 0 Å². The van der Waals surface area contributed by atoms with Crippen LogP contribution in [0.25, 0.3) is 237 Å². The lowest BCUT2D eigenvalue weighted by Crippen LogP contribution is -1.98. The van der Waals surface area contributed by atoms with Gasteiger partial charge in [0.15, 0.2) is 0 Å². The van der Waals surface area contributed by atoms with E-state index in [9.17, 15) is 0 Å². The summed E-state index contributed by atoms with van der Waals surface area (Å²) in [5.74, 6) is 0. The fourth-order valence-electron chi connectivity index (χ4n) is 19.1. The average molecular weight is 1510 g/mol. The first kappa shape index (κ1) is 64.5. The third-order valence-electron chi connectivity index (χ3n) is 24.3. The van der Waals surface area contributed by atoms with Crippen molar-refractivity contribution in [1.29, 1.82) is 0 Å². The van der Waals surface area contributed by atoms with Crippen LogP contribution in [0.1, 0.15) is 0 Å². The topological polar surface area (TPSA) is 19.7 Å². The summed E-state index contributed by atoms with van der Waals surface area (Å²) in [7, 11) is 0. The molecule has 7 aromatic heterocycles. The molecule has 0 unspecified atom stereocenters. The van der Waals surface area contributed by atoms with Gasteiger partial charge in [0.2, 0.25) is 0 Å². The van der Waals surface area contributed by atoms with Gasteiger partial charge in [0, 0.05) is 126 Å². The Bertz CT molecular complexity index is 8340. The van der Waals surface area contributed by atoms with Crippen LogP contribution in [-0.2, 0) is 0 Å². The normalized spacial score (nSPS) is 12.2. The van der Waals surface area contributed by atoms with Crippen molar-refractivity contribution in [1.82, 2.24) is 18.3 Å². The molecule has 0 N–H and O–H groups in total. The largest absolute Gasteiger partial charge is 0.309 e. The maximum Gasteiger partial charge on any atom is 0.0541 e. The van der Waals surface area contributed by atoms with Crippen molar-refractivity contribution < 1.29 is 0 Å². The second kappa shape index (κ2) is 25.2. The number of benzene rings is 18. The summed E-state index contributed by atoms with van der Waals surface area (Å²) >= 11 is 5.61. The van der Waals surface area contributed by atoms with Gasteiger partial charge in [0.1, 0.15) is 0 Å². The van der Waals surface area contributed by atoms with E-state index < -0.39 is 0 Å². The number of para-hydroxylation sites is 6. The molecule has 7 heterocycles. The zero-order valence-electron chi connectivity index (χ0n) is 62.0. The standard InChI is InChI=1S/C108H64N4S3/c1-9-34-95-81(24-1)82-25-2-10-35-96(82)109(95)76-45-50-106-93(63-76)94-64-77(46-51-107(94)114-106)110-99-38-13-5-28-85(99)90-60-68(42-47-101(90)110)69-43-48-102-91(61-69)86-29-6-14-39-100(86)112(102)79-56-72(66-21-17-20-65(52-66)70-44-49-105-92(62-70)88-31-8-15-40-103(88)113-105)54-74(59-79)75-55-73(57-78(58-75)111-97-36-11-3-26-83(97)84-27-4-12-37-98(84)111)67-22-18-23-71(53-67)80-32-19-33-89-87-30-7-16-41-104(87)115-108(80)89/h1-64H. The molecule has 0 radical (unpaired) electrons. The molecule has 0 atom stereocenters. The minimum absolute atomic E-state index is 1.08. The van der Waals surface area contributed by atoms with Crippen LogP contribution >= 0.6 is 34.0 Å². The third-order valence-corrected chi connectivity index (χ3v) is 27.8. The fourth-order valence-corrected chi connectivity index (χ4v) is 22.5. The molecule has 18 aromatic carbocycles. The summed E-state index contributed by atoms with van der Waals surface area (Å²) in [6, 6.07) is 146.